The lowest BCUT2D eigenvalue weighted by atomic mass is 9.87. The molecule has 0 spiro atoms. The maximum absolute atomic E-state index is 15.6. The number of carbonyl (C=O) groups is 2. The molecule has 6 heteroatoms. The Morgan fingerprint density at radius 1 is 0.949 bits per heavy atom. The second-order valence-electron chi connectivity index (χ2n) is 11.0. The molecule has 3 aromatic carbocycles. The highest BCUT2D eigenvalue weighted by Gasteiger charge is 2.44. The van der Waals surface area contributed by atoms with Gasteiger partial charge in [0, 0.05) is 37.0 Å². The van der Waals surface area contributed by atoms with Crippen LogP contribution in [0.3, 0.4) is 0 Å². The minimum Gasteiger partial charge on any atom is -0.378 e. The SMILES string of the molecule is [2H][C@@H](c1ccc(-c2ccc(N(C)C)cc2)cc1F)N(C(=O)[C@H]1C[C@H]2CC[C@@H]1C2)c1cc(F)cc(/C=C/C(C)=O)c1. The molecule has 0 unspecified atom stereocenters. The van der Waals surface area contributed by atoms with Crippen molar-refractivity contribution >= 4 is 29.1 Å². The van der Waals surface area contributed by atoms with E-state index >= 15 is 4.39 Å². The van der Waals surface area contributed by atoms with Crippen LogP contribution >= 0.6 is 0 Å². The van der Waals surface area contributed by atoms with Gasteiger partial charge in [-0.25, -0.2) is 8.78 Å². The van der Waals surface area contributed by atoms with Crippen molar-refractivity contribution in [3.63, 3.8) is 0 Å². The lowest BCUT2D eigenvalue weighted by Crippen LogP contribution is -2.38. The Bertz CT molecular complexity index is 1450. The number of carbonyl (C=O) groups excluding carboxylic acids is 2. The number of amides is 1. The Morgan fingerprint density at radius 2 is 1.69 bits per heavy atom. The van der Waals surface area contributed by atoms with E-state index in [1.807, 2.05) is 43.3 Å². The number of nitrogens with zero attached hydrogens (tertiary/aromatic N) is 2. The highest BCUT2D eigenvalue weighted by Crippen LogP contribution is 2.49. The molecule has 2 bridgehead atoms. The van der Waals surface area contributed by atoms with E-state index in [1.165, 1.54) is 42.2 Å². The van der Waals surface area contributed by atoms with Crippen LogP contribution in [0.25, 0.3) is 17.2 Å². The summed E-state index contributed by atoms with van der Waals surface area (Å²) in [5, 5.41) is 0. The first-order valence-corrected chi connectivity index (χ1v) is 13.4. The molecule has 3 aromatic rings. The van der Waals surface area contributed by atoms with Crippen molar-refractivity contribution < 1.29 is 19.7 Å². The van der Waals surface area contributed by atoms with E-state index in [4.69, 9.17) is 1.37 Å². The van der Waals surface area contributed by atoms with Crippen LogP contribution in [0.1, 0.15) is 45.1 Å². The van der Waals surface area contributed by atoms with Crippen molar-refractivity contribution in [1.29, 1.82) is 0 Å². The predicted octanol–water partition coefficient (Wildman–Crippen LogP) is 7.27. The van der Waals surface area contributed by atoms with E-state index in [-0.39, 0.29) is 34.8 Å². The molecule has 0 saturated heterocycles. The minimum absolute atomic E-state index is 0.0373. The number of anilines is 2. The summed E-state index contributed by atoms with van der Waals surface area (Å²) >= 11 is 0. The third-order valence-electron chi connectivity index (χ3n) is 7.97. The van der Waals surface area contributed by atoms with Crippen LogP contribution in [-0.2, 0) is 16.1 Å². The zero-order valence-corrected chi connectivity index (χ0v) is 22.5. The summed E-state index contributed by atoms with van der Waals surface area (Å²) in [6.07, 6.45) is 6.59. The normalized spacial score (nSPS) is 21.2. The number of fused-ring (bicyclic) bond motifs is 2. The van der Waals surface area contributed by atoms with Crippen LogP contribution in [0, 0.1) is 29.4 Å². The molecule has 0 aliphatic heterocycles. The van der Waals surface area contributed by atoms with Crippen molar-refractivity contribution in [2.45, 2.75) is 39.1 Å². The van der Waals surface area contributed by atoms with E-state index in [9.17, 15) is 14.0 Å². The van der Waals surface area contributed by atoms with Crippen molar-refractivity contribution in [2.75, 3.05) is 23.9 Å². The number of hydrogen-bond acceptors (Lipinski definition) is 3. The Balaban J connectivity index is 1.51. The third kappa shape index (κ3) is 5.95. The summed E-state index contributed by atoms with van der Waals surface area (Å²) in [5.74, 6) is -1.23. The number of hydrogen-bond donors (Lipinski definition) is 0. The third-order valence-corrected chi connectivity index (χ3v) is 7.97. The second kappa shape index (κ2) is 11.1. The molecule has 39 heavy (non-hydrogen) atoms. The first-order chi connectivity index (χ1) is 19.1. The molecular formula is C33H34F2N2O2. The Kier molecular flexibility index (Phi) is 7.27. The lowest BCUT2D eigenvalue weighted by molar-refractivity contribution is -0.124. The van der Waals surface area contributed by atoms with Crippen LogP contribution in [0.2, 0.25) is 0 Å². The molecule has 2 saturated carbocycles. The fourth-order valence-corrected chi connectivity index (χ4v) is 5.94. The second-order valence-corrected chi connectivity index (χ2v) is 11.0. The largest absolute Gasteiger partial charge is 0.378 e. The first kappa shape index (κ1) is 25.5. The van der Waals surface area contributed by atoms with Gasteiger partial charge in [0.1, 0.15) is 11.6 Å². The topological polar surface area (TPSA) is 40.6 Å². The van der Waals surface area contributed by atoms with Crippen molar-refractivity contribution in [3.8, 4) is 11.1 Å². The quantitative estimate of drug-likeness (QED) is 0.288. The first-order valence-electron chi connectivity index (χ1n) is 14.0. The van der Waals surface area contributed by atoms with Crippen LogP contribution in [0.4, 0.5) is 20.2 Å². The molecule has 2 aliphatic carbocycles. The average Bonchev–Trinajstić information content (AvgIpc) is 3.56. The van der Waals surface area contributed by atoms with E-state index in [0.29, 0.717) is 17.0 Å². The summed E-state index contributed by atoms with van der Waals surface area (Å²) in [7, 11) is 3.89. The molecule has 0 radical (unpaired) electrons. The van der Waals surface area contributed by atoms with Gasteiger partial charge in [0.2, 0.25) is 5.91 Å². The average molecular weight is 530 g/mol. The molecule has 2 aliphatic rings. The van der Waals surface area contributed by atoms with Gasteiger partial charge in [0.25, 0.3) is 0 Å². The number of halogens is 2. The van der Waals surface area contributed by atoms with Gasteiger partial charge < -0.3 is 9.80 Å². The summed E-state index contributed by atoms with van der Waals surface area (Å²) in [4.78, 5) is 28.7. The number of benzene rings is 3. The van der Waals surface area contributed by atoms with Crippen molar-refractivity contribution in [1.82, 2.24) is 0 Å². The van der Waals surface area contributed by atoms with Crippen LogP contribution in [-0.4, -0.2) is 25.8 Å². The molecule has 1 amide bonds. The van der Waals surface area contributed by atoms with Gasteiger partial charge in [0.15, 0.2) is 5.78 Å². The standard InChI is InChI=1S/C33H34F2N2O2/c1-21(38)4-5-23-15-28(34)19-30(16-23)37(33(39)31-17-22-6-7-26(31)14-22)20-27-9-8-25(18-32(27)35)24-10-12-29(13-11-24)36(2)3/h4-5,8-13,15-16,18-19,22,26,31H,6-7,14,17,20H2,1-3H3/b5-4+/t22-,26+,31-/m0/s1/i20D/t20-,22-,26+,31-. The molecular weight excluding hydrogens is 494 g/mol. The summed E-state index contributed by atoms with van der Waals surface area (Å²) in [6, 6.07) is 16.4. The summed E-state index contributed by atoms with van der Waals surface area (Å²) in [6.45, 7) is -0.0203. The lowest BCUT2D eigenvalue weighted by Gasteiger charge is -2.30. The zero-order chi connectivity index (χ0) is 28.6. The van der Waals surface area contributed by atoms with Gasteiger partial charge in [0.05, 0.1) is 7.89 Å². The van der Waals surface area contributed by atoms with E-state index in [0.717, 1.165) is 36.9 Å². The number of allylic oxidation sites excluding steroid dienone is 1. The summed E-state index contributed by atoms with van der Waals surface area (Å²) < 4.78 is 39.5. The highest BCUT2D eigenvalue weighted by atomic mass is 19.1. The van der Waals surface area contributed by atoms with Gasteiger partial charge in [-0.05, 0) is 97.2 Å². The summed E-state index contributed by atoms with van der Waals surface area (Å²) in [5.41, 5.74) is 3.12. The number of ketones is 1. The Morgan fingerprint density at radius 3 is 2.31 bits per heavy atom. The Hall–Kier alpha value is -3.80. The van der Waals surface area contributed by atoms with Gasteiger partial charge >= 0.3 is 0 Å². The van der Waals surface area contributed by atoms with Crippen molar-refractivity contribution in [3.05, 3.63) is 89.5 Å². The van der Waals surface area contributed by atoms with Crippen LogP contribution < -0.4 is 9.80 Å². The molecule has 0 N–H and O–H groups in total. The smallest absolute Gasteiger partial charge is 0.230 e. The van der Waals surface area contributed by atoms with Gasteiger partial charge in [-0.1, -0.05) is 36.8 Å². The molecule has 202 valence electrons. The molecule has 0 heterocycles. The monoisotopic (exact) mass is 529 g/mol. The minimum atomic E-state index is -1.41. The maximum Gasteiger partial charge on any atom is 0.230 e. The van der Waals surface area contributed by atoms with E-state index in [2.05, 4.69) is 0 Å². The number of rotatable bonds is 8. The zero-order valence-electron chi connectivity index (χ0n) is 23.5. The van der Waals surface area contributed by atoms with Gasteiger partial charge in [-0.3, -0.25) is 9.59 Å². The fraction of sp³-hybridized carbons (Fsp3) is 0.333. The van der Waals surface area contributed by atoms with Gasteiger partial charge in [-0.2, -0.15) is 0 Å². The maximum atomic E-state index is 15.6. The van der Waals surface area contributed by atoms with Crippen LogP contribution in [0.15, 0.2) is 66.7 Å². The predicted molar refractivity (Wildman–Crippen MR) is 152 cm³/mol. The van der Waals surface area contributed by atoms with Crippen molar-refractivity contribution in [2.24, 2.45) is 17.8 Å². The van der Waals surface area contributed by atoms with Crippen LogP contribution in [0.5, 0.6) is 0 Å². The molecule has 0 aromatic heterocycles. The Labute approximate surface area is 230 Å². The fourth-order valence-electron chi connectivity index (χ4n) is 5.94. The van der Waals surface area contributed by atoms with E-state index in [1.54, 1.807) is 18.2 Å². The molecule has 4 atom stereocenters. The highest BCUT2D eigenvalue weighted by molar-refractivity contribution is 5.96. The molecule has 4 nitrogen and oxygen atoms in total. The molecule has 5 rings (SSSR count). The van der Waals surface area contributed by atoms with E-state index < -0.39 is 18.2 Å². The van der Waals surface area contributed by atoms with Gasteiger partial charge in [-0.15, -0.1) is 0 Å². The molecule has 2 fully saturated rings.